The van der Waals surface area contributed by atoms with Crippen LogP contribution >= 0.6 is 0 Å². The monoisotopic (exact) mass is 420 g/mol. The third-order valence-electron chi connectivity index (χ3n) is 4.25. The van der Waals surface area contributed by atoms with Crippen LogP contribution in [0.15, 0.2) is 53.4 Å². The first-order chi connectivity index (χ1) is 13.6. The number of nitrogens with zero attached hydrogens (tertiary/aromatic N) is 2. The van der Waals surface area contributed by atoms with Crippen LogP contribution in [-0.2, 0) is 19.6 Å². The Balaban J connectivity index is 2.22. The predicted molar refractivity (Wildman–Crippen MR) is 109 cm³/mol. The molecule has 0 saturated carbocycles. The Morgan fingerprint density at radius 2 is 1.55 bits per heavy atom. The summed E-state index contributed by atoms with van der Waals surface area (Å²) < 4.78 is 37.3. The van der Waals surface area contributed by atoms with E-state index in [-0.39, 0.29) is 16.4 Å². The molecule has 0 unspecified atom stereocenters. The van der Waals surface area contributed by atoms with E-state index < -0.39 is 22.1 Å². The molecule has 2 rings (SSSR count). The van der Waals surface area contributed by atoms with Gasteiger partial charge in [-0.15, -0.1) is 0 Å². The summed E-state index contributed by atoms with van der Waals surface area (Å²) in [5, 5.41) is 0. The SMILES string of the molecule is COc1ccccc1N(C)S(=O)(=O)c1ccc(C(=O)O[C@@H](C)C(=O)N(C)C)cc1. The number of hydrogen-bond donors (Lipinski definition) is 0. The number of ether oxygens (including phenoxy) is 2. The van der Waals surface area contributed by atoms with Crippen molar-refractivity contribution >= 4 is 27.6 Å². The van der Waals surface area contributed by atoms with E-state index in [2.05, 4.69) is 0 Å². The molecule has 0 aliphatic heterocycles. The van der Waals surface area contributed by atoms with Crippen molar-refractivity contribution in [3.8, 4) is 5.75 Å². The zero-order valence-electron chi connectivity index (χ0n) is 16.9. The average Bonchev–Trinajstić information content (AvgIpc) is 2.72. The average molecular weight is 420 g/mol. The van der Waals surface area contributed by atoms with Gasteiger partial charge in [0.05, 0.1) is 23.3 Å². The van der Waals surface area contributed by atoms with Crippen LogP contribution in [0, 0.1) is 0 Å². The Kier molecular flexibility index (Phi) is 6.86. The summed E-state index contributed by atoms with van der Waals surface area (Å²) in [6.07, 6.45) is -0.947. The van der Waals surface area contributed by atoms with Crippen LogP contribution in [0.25, 0.3) is 0 Å². The van der Waals surface area contributed by atoms with Gasteiger partial charge in [0.25, 0.3) is 15.9 Å². The lowest BCUT2D eigenvalue weighted by Gasteiger charge is -2.21. The molecule has 2 aromatic rings. The molecule has 0 saturated heterocycles. The van der Waals surface area contributed by atoms with Gasteiger partial charge in [-0.05, 0) is 43.3 Å². The van der Waals surface area contributed by atoms with E-state index in [9.17, 15) is 18.0 Å². The van der Waals surface area contributed by atoms with Crippen LogP contribution in [0.4, 0.5) is 5.69 Å². The van der Waals surface area contributed by atoms with Gasteiger partial charge in [-0.2, -0.15) is 0 Å². The largest absolute Gasteiger partial charge is 0.495 e. The van der Waals surface area contributed by atoms with E-state index in [1.807, 2.05) is 0 Å². The Morgan fingerprint density at radius 1 is 0.966 bits per heavy atom. The maximum Gasteiger partial charge on any atom is 0.338 e. The number of esters is 1. The lowest BCUT2D eigenvalue weighted by atomic mass is 10.2. The lowest BCUT2D eigenvalue weighted by molar-refractivity contribution is -0.137. The highest BCUT2D eigenvalue weighted by Crippen LogP contribution is 2.30. The summed E-state index contributed by atoms with van der Waals surface area (Å²) in [6.45, 7) is 1.47. The van der Waals surface area contributed by atoms with Crippen LogP contribution < -0.4 is 9.04 Å². The first-order valence-electron chi connectivity index (χ1n) is 8.73. The Bertz CT molecular complexity index is 986. The molecule has 9 heteroatoms. The summed E-state index contributed by atoms with van der Waals surface area (Å²) >= 11 is 0. The summed E-state index contributed by atoms with van der Waals surface area (Å²) in [5.74, 6) is -0.649. The van der Waals surface area contributed by atoms with Crippen molar-refractivity contribution < 1.29 is 27.5 Å². The maximum absolute atomic E-state index is 12.9. The van der Waals surface area contributed by atoms with Crippen LogP contribution in [0.3, 0.4) is 0 Å². The molecule has 1 atom stereocenters. The smallest absolute Gasteiger partial charge is 0.338 e. The number of rotatable bonds is 7. The normalized spacial score (nSPS) is 12.0. The third-order valence-corrected chi connectivity index (χ3v) is 6.03. The van der Waals surface area contributed by atoms with Crippen molar-refractivity contribution in [3.05, 3.63) is 54.1 Å². The molecule has 0 aliphatic carbocycles. The van der Waals surface area contributed by atoms with Crippen LogP contribution in [0.1, 0.15) is 17.3 Å². The number of anilines is 1. The number of carbonyl (C=O) groups is 2. The summed E-state index contributed by atoms with van der Waals surface area (Å²) in [6, 6.07) is 12.1. The molecule has 0 heterocycles. The number of amides is 1. The molecule has 0 bridgehead atoms. The zero-order valence-corrected chi connectivity index (χ0v) is 17.8. The topological polar surface area (TPSA) is 93.2 Å². The summed E-state index contributed by atoms with van der Waals surface area (Å²) in [7, 11) is 2.13. The molecule has 0 aromatic heterocycles. The van der Waals surface area contributed by atoms with Gasteiger partial charge >= 0.3 is 5.97 Å². The zero-order chi connectivity index (χ0) is 21.8. The number of benzene rings is 2. The second-order valence-electron chi connectivity index (χ2n) is 6.45. The van der Waals surface area contributed by atoms with E-state index in [0.717, 1.165) is 4.31 Å². The molecule has 0 fully saturated rings. The van der Waals surface area contributed by atoms with Crippen LogP contribution in [-0.4, -0.2) is 59.6 Å². The number of sulfonamides is 1. The minimum absolute atomic E-state index is 0.000118. The number of para-hydroxylation sites is 2. The molecular formula is C20H24N2O6S. The van der Waals surface area contributed by atoms with Crippen LogP contribution in [0.2, 0.25) is 0 Å². The molecule has 2 aromatic carbocycles. The second kappa shape index (κ2) is 8.95. The Hall–Kier alpha value is -3.07. The highest BCUT2D eigenvalue weighted by Gasteiger charge is 2.25. The molecule has 0 spiro atoms. The van der Waals surface area contributed by atoms with Gasteiger partial charge < -0.3 is 14.4 Å². The van der Waals surface area contributed by atoms with Crippen LogP contribution in [0.5, 0.6) is 5.75 Å². The number of likely N-dealkylation sites (N-methyl/N-ethyl adjacent to an activating group) is 1. The summed E-state index contributed by atoms with van der Waals surface area (Å²) in [5.41, 5.74) is 0.525. The fraction of sp³-hybridized carbons (Fsp3) is 0.300. The molecule has 0 N–H and O–H groups in total. The first-order valence-corrected chi connectivity index (χ1v) is 10.2. The molecule has 29 heavy (non-hydrogen) atoms. The molecular weight excluding hydrogens is 396 g/mol. The molecule has 0 aliphatic rings. The van der Waals surface area contributed by atoms with Gasteiger partial charge in [-0.1, -0.05) is 12.1 Å². The second-order valence-corrected chi connectivity index (χ2v) is 8.42. The highest BCUT2D eigenvalue weighted by atomic mass is 32.2. The van der Waals surface area contributed by atoms with E-state index in [4.69, 9.17) is 9.47 Å². The summed E-state index contributed by atoms with van der Waals surface area (Å²) in [4.78, 5) is 25.3. The fourth-order valence-corrected chi connectivity index (χ4v) is 3.79. The van der Waals surface area contributed by atoms with Gasteiger partial charge in [-0.3, -0.25) is 9.10 Å². The minimum atomic E-state index is -3.87. The Morgan fingerprint density at radius 3 is 2.10 bits per heavy atom. The molecule has 156 valence electrons. The number of carbonyl (C=O) groups excluding carboxylic acids is 2. The molecule has 8 nitrogen and oxygen atoms in total. The Labute approximate surface area is 170 Å². The predicted octanol–water partition coefficient (Wildman–Crippen LogP) is 2.15. The van der Waals surface area contributed by atoms with Gasteiger partial charge in [0, 0.05) is 21.1 Å². The van der Waals surface area contributed by atoms with Gasteiger partial charge in [-0.25, -0.2) is 13.2 Å². The van der Waals surface area contributed by atoms with Crippen molar-refractivity contribution in [1.82, 2.24) is 4.90 Å². The fourth-order valence-electron chi connectivity index (χ4n) is 2.58. The molecule has 1 amide bonds. The minimum Gasteiger partial charge on any atom is -0.495 e. The standard InChI is InChI=1S/C20H24N2O6S/c1-14(19(23)21(2)3)28-20(24)15-10-12-16(13-11-15)29(25,26)22(4)17-8-6-7-9-18(17)27-5/h6-14H,1-5H3/t14-/m0/s1. The van der Waals surface area contributed by atoms with E-state index in [1.165, 1.54) is 50.2 Å². The third kappa shape index (κ3) is 4.86. The van der Waals surface area contributed by atoms with Crippen molar-refractivity contribution in [3.63, 3.8) is 0 Å². The van der Waals surface area contributed by atoms with Crippen molar-refractivity contribution in [2.75, 3.05) is 32.6 Å². The van der Waals surface area contributed by atoms with Crippen molar-refractivity contribution in [1.29, 1.82) is 0 Å². The van der Waals surface area contributed by atoms with Crippen molar-refractivity contribution in [2.24, 2.45) is 0 Å². The maximum atomic E-state index is 12.9. The lowest BCUT2D eigenvalue weighted by Crippen LogP contribution is -2.34. The van der Waals surface area contributed by atoms with Gasteiger partial charge in [0.2, 0.25) is 0 Å². The molecule has 0 radical (unpaired) electrons. The first kappa shape index (κ1) is 22.2. The van der Waals surface area contributed by atoms with E-state index >= 15 is 0 Å². The van der Waals surface area contributed by atoms with Crippen molar-refractivity contribution in [2.45, 2.75) is 17.9 Å². The number of methoxy groups -OCH3 is 1. The van der Waals surface area contributed by atoms with Gasteiger partial charge in [0.1, 0.15) is 5.75 Å². The number of hydrogen-bond acceptors (Lipinski definition) is 6. The van der Waals surface area contributed by atoms with E-state index in [1.54, 1.807) is 38.4 Å². The van der Waals surface area contributed by atoms with E-state index in [0.29, 0.717) is 11.4 Å². The quantitative estimate of drug-likeness (QED) is 0.637. The highest BCUT2D eigenvalue weighted by molar-refractivity contribution is 7.92. The van der Waals surface area contributed by atoms with Gasteiger partial charge in [0.15, 0.2) is 6.10 Å².